The maximum Gasteiger partial charge on any atom is 0.337 e. The number of hydrogen-bond donors (Lipinski definition) is 1. The van der Waals surface area contributed by atoms with Crippen LogP contribution >= 0.6 is 0 Å². The Bertz CT molecular complexity index is 924. The van der Waals surface area contributed by atoms with Crippen LogP contribution in [0.1, 0.15) is 10.4 Å². The van der Waals surface area contributed by atoms with E-state index in [0.717, 1.165) is 0 Å². The SMILES string of the molecule is COC(=O)c1ccc(Oc2coc3cc(O)ccc3c2=O)cc1. The van der Waals surface area contributed by atoms with Gasteiger partial charge in [-0.1, -0.05) is 0 Å². The number of rotatable bonds is 3. The van der Waals surface area contributed by atoms with Crippen molar-refractivity contribution in [1.29, 1.82) is 0 Å². The highest BCUT2D eigenvalue weighted by Crippen LogP contribution is 2.23. The lowest BCUT2D eigenvalue weighted by Gasteiger charge is -2.06. The molecule has 0 aliphatic rings. The highest BCUT2D eigenvalue weighted by Gasteiger charge is 2.10. The van der Waals surface area contributed by atoms with Gasteiger partial charge in [0.1, 0.15) is 23.3 Å². The van der Waals surface area contributed by atoms with Gasteiger partial charge in [-0.05, 0) is 36.4 Å². The molecular formula is C17H12O6. The van der Waals surface area contributed by atoms with Crippen LogP contribution in [0, 0.1) is 0 Å². The lowest BCUT2D eigenvalue weighted by Crippen LogP contribution is -2.05. The molecule has 2 aromatic carbocycles. The zero-order valence-corrected chi connectivity index (χ0v) is 12.1. The van der Waals surface area contributed by atoms with Gasteiger partial charge in [0.25, 0.3) is 0 Å². The molecule has 6 heteroatoms. The fraction of sp³-hybridized carbons (Fsp3) is 0.0588. The number of phenols is 1. The predicted octanol–water partition coefficient (Wildman–Crippen LogP) is 3.08. The molecule has 0 saturated heterocycles. The van der Waals surface area contributed by atoms with E-state index in [0.29, 0.717) is 16.7 Å². The number of aromatic hydroxyl groups is 1. The lowest BCUT2D eigenvalue weighted by atomic mass is 10.2. The zero-order chi connectivity index (χ0) is 16.4. The van der Waals surface area contributed by atoms with Crippen LogP contribution < -0.4 is 10.2 Å². The van der Waals surface area contributed by atoms with E-state index in [4.69, 9.17) is 9.15 Å². The van der Waals surface area contributed by atoms with E-state index in [2.05, 4.69) is 4.74 Å². The smallest absolute Gasteiger partial charge is 0.337 e. The summed E-state index contributed by atoms with van der Waals surface area (Å²) in [5, 5.41) is 9.68. The Morgan fingerprint density at radius 2 is 1.87 bits per heavy atom. The van der Waals surface area contributed by atoms with Gasteiger partial charge >= 0.3 is 5.97 Å². The summed E-state index contributed by atoms with van der Waals surface area (Å²) >= 11 is 0. The predicted molar refractivity (Wildman–Crippen MR) is 82.0 cm³/mol. The zero-order valence-electron chi connectivity index (χ0n) is 12.1. The second-order valence-corrected chi connectivity index (χ2v) is 4.73. The van der Waals surface area contributed by atoms with E-state index in [-0.39, 0.29) is 22.5 Å². The molecule has 0 atom stereocenters. The monoisotopic (exact) mass is 312 g/mol. The molecule has 1 heterocycles. The van der Waals surface area contributed by atoms with Crippen LogP contribution in [-0.2, 0) is 4.74 Å². The number of hydrogen-bond acceptors (Lipinski definition) is 6. The number of benzene rings is 2. The largest absolute Gasteiger partial charge is 0.508 e. The van der Waals surface area contributed by atoms with Crippen molar-refractivity contribution in [2.24, 2.45) is 0 Å². The third-order valence-electron chi connectivity index (χ3n) is 3.23. The minimum atomic E-state index is -0.457. The Morgan fingerprint density at radius 3 is 2.57 bits per heavy atom. The van der Waals surface area contributed by atoms with Crippen LogP contribution in [0.4, 0.5) is 0 Å². The summed E-state index contributed by atoms with van der Waals surface area (Å²) in [5.41, 5.74) is 0.285. The van der Waals surface area contributed by atoms with Gasteiger partial charge in [-0.3, -0.25) is 4.79 Å². The molecule has 0 unspecified atom stereocenters. The maximum atomic E-state index is 12.3. The summed E-state index contributed by atoms with van der Waals surface area (Å²) in [6.07, 6.45) is 1.18. The average molecular weight is 312 g/mol. The van der Waals surface area contributed by atoms with Gasteiger partial charge in [-0.15, -0.1) is 0 Å². The Balaban J connectivity index is 1.92. The first-order chi connectivity index (χ1) is 11.1. The summed E-state index contributed by atoms with van der Waals surface area (Å²) in [4.78, 5) is 23.7. The van der Waals surface area contributed by atoms with E-state index in [9.17, 15) is 14.7 Å². The molecule has 6 nitrogen and oxygen atoms in total. The van der Waals surface area contributed by atoms with E-state index in [1.807, 2.05) is 0 Å². The number of carbonyl (C=O) groups is 1. The van der Waals surface area contributed by atoms with Gasteiger partial charge in [0.05, 0.1) is 18.1 Å². The summed E-state index contributed by atoms with van der Waals surface area (Å²) in [6, 6.07) is 10.4. The molecule has 116 valence electrons. The van der Waals surface area contributed by atoms with Crippen molar-refractivity contribution in [3.63, 3.8) is 0 Å². The quantitative estimate of drug-likeness (QED) is 0.748. The van der Waals surface area contributed by atoms with Crippen LogP contribution in [0.15, 0.2) is 57.9 Å². The van der Waals surface area contributed by atoms with Gasteiger partial charge in [-0.2, -0.15) is 0 Å². The minimum absolute atomic E-state index is 0.00715. The molecule has 0 aliphatic carbocycles. The highest BCUT2D eigenvalue weighted by molar-refractivity contribution is 5.89. The molecule has 0 fully saturated rings. The first kappa shape index (κ1) is 14.6. The van der Waals surface area contributed by atoms with E-state index in [1.54, 1.807) is 12.1 Å². The summed E-state index contributed by atoms with van der Waals surface area (Å²) in [5.74, 6) is -0.0635. The molecule has 0 amide bonds. The van der Waals surface area contributed by atoms with E-state index >= 15 is 0 Å². The summed E-state index contributed by atoms with van der Waals surface area (Å²) < 4.78 is 15.4. The highest BCUT2D eigenvalue weighted by atomic mass is 16.5. The standard InChI is InChI=1S/C17H12O6/c1-21-17(20)10-2-5-12(6-3-10)23-15-9-22-14-8-11(18)4-7-13(14)16(15)19/h2-9,18H,1H3. The normalized spacial score (nSPS) is 10.5. The maximum absolute atomic E-state index is 12.3. The molecule has 1 N–H and O–H groups in total. The molecule has 23 heavy (non-hydrogen) atoms. The number of phenolic OH excluding ortho intramolecular Hbond substituents is 1. The molecule has 3 aromatic rings. The second-order valence-electron chi connectivity index (χ2n) is 4.73. The Morgan fingerprint density at radius 1 is 1.13 bits per heavy atom. The van der Waals surface area contributed by atoms with Crippen molar-refractivity contribution in [3.8, 4) is 17.2 Å². The Labute approximate surface area is 130 Å². The number of fused-ring (bicyclic) bond motifs is 1. The summed E-state index contributed by atoms with van der Waals surface area (Å²) in [7, 11) is 1.30. The molecular weight excluding hydrogens is 300 g/mol. The lowest BCUT2D eigenvalue weighted by molar-refractivity contribution is 0.0600. The molecule has 0 radical (unpaired) electrons. The van der Waals surface area contributed by atoms with Gasteiger partial charge < -0.3 is 19.0 Å². The minimum Gasteiger partial charge on any atom is -0.508 e. The van der Waals surface area contributed by atoms with Crippen molar-refractivity contribution in [2.45, 2.75) is 0 Å². The number of carbonyl (C=O) groups excluding carboxylic acids is 1. The summed E-state index contributed by atoms with van der Waals surface area (Å²) in [6.45, 7) is 0. The first-order valence-corrected chi connectivity index (χ1v) is 6.69. The van der Waals surface area contributed by atoms with Crippen LogP contribution in [0.5, 0.6) is 17.2 Å². The number of esters is 1. The molecule has 0 saturated carbocycles. The Kier molecular flexibility index (Phi) is 3.72. The van der Waals surface area contributed by atoms with Crippen LogP contribution in [0.2, 0.25) is 0 Å². The number of methoxy groups -OCH3 is 1. The van der Waals surface area contributed by atoms with Crippen molar-refractivity contribution in [2.75, 3.05) is 7.11 Å². The fourth-order valence-corrected chi connectivity index (χ4v) is 2.07. The van der Waals surface area contributed by atoms with Gasteiger partial charge in [0, 0.05) is 6.07 Å². The van der Waals surface area contributed by atoms with E-state index < -0.39 is 5.97 Å². The average Bonchev–Trinajstić information content (AvgIpc) is 2.57. The van der Waals surface area contributed by atoms with Crippen molar-refractivity contribution in [1.82, 2.24) is 0 Å². The van der Waals surface area contributed by atoms with Gasteiger partial charge in [-0.25, -0.2) is 4.79 Å². The molecule has 1 aromatic heterocycles. The molecule has 0 bridgehead atoms. The fourth-order valence-electron chi connectivity index (χ4n) is 2.07. The topological polar surface area (TPSA) is 86.0 Å². The van der Waals surface area contributed by atoms with E-state index in [1.165, 1.54) is 43.7 Å². The first-order valence-electron chi connectivity index (χ1n) is 6.69. The van der Waals surface area contributed by atoms with Crippen LogP contribution in [0.3, 0.4) is 0 Å². The van der Waals surface area contributed by atoms with Crippen molar-refractivity contribution >= 4 is 16.9 Å². The van der Waals surface area contributed by atoms with Crippen LogP contribution in [-0.4, -0.2) is 18.2 Å². The van der Waals surface area contributed by atoms with Crippen molar-refractivity contribution < 1.29 is 23.8 Å². The molecule has 0 spiro atoms. The third kappa shape index (κ3) is 2.87. The molecule has 3 rings (SSSR count). The number of ether oxygens (including phenoxy) is 2. The second kappa shape index (κ2) is 5.84. The Hall–Kier alpha value is -3.28. The molecule has 0 aliphatic heterocycles. The van der Waals surface area contributed by atoms with Crippen molar-refractivity contribution in [3.05, 3.63) is 64.5 Å². The third-order valence-corrected chi connectivity index (χ3v) is 3.23. The van der Waals surface area contributed by atoms with Gasteiger partial charge in [0.2, 0.25) is 11.2 Å². The van der Waals surface area contributed by atoms with Crippen LogP contribution in [0.25, 0.3) is 11.0 Å². The van der Waals surface area contributed by atoms with Gasteiger partial charge in [0.15, 0.2) is 0 Å².